The monoisotopic (exact) mass is 322 g/mol. The summed E-state index contributed by atoms with van der Waals surface area (Å²) < 4.78 is 50.1. The van der Waals surface area contributed by atoms with Gasteiger partial charge >= 0.3 is 5.97 Å². The predicted octanol–water partition coefficient (Wildman–Crippen LogP) is -0.788. The van der Waals surface area contributed by atoms with Crippen molar-refractivity contribution in [1.82, 2.24) is 9.44 Å². The molecule has 1 aromatic carbocycles. The van der Waals surface area contributed by atoms with Crippen molar-refractivity contribution in [3.8, 4) is 0 Å². The zero-order valence-corrected chi connectivity index (χ0v) is 12.2. The number of carboxylic acid groups (broad SMARTS) is 1. The molecular weight excluding hydrogens is 308 g/mol. The van der Waals surface area contributed by atoms with Gasteiger partial charge in [-0.05, 0) is 31.3 Å². The van der Waals surface area contributed by atoms with E-state index in [1.54, 1.807) is 0 Å². The van der Waals surface area contributed by atoms with Crippen LogP contribution in [-0.4, -0.2) is 47.3 Å². The van der Waals surface area contributed by atoms with Gasteiger partial charge in [0.05, 0.1) is 16.2 Å². The van der Waals surface area contributed by atoms with Crippen LogP contribution in [0.4, 0.5) is 0 Å². The van der Waals surface area contributed by atoms with Gasteiger partial charge in [0.2, 0.25) is 20.0 Å². The molecule has 0 atom stereocenters. The Morgan fingerprint density at radius 3 is 2.15 bits per heavy atom. The Morgan fingerprint density at radius 1 is 1.15 bits per heavy atom. The molecular formula is C10H14N2O6S2. The van der Waals surface area contributed by atoms with Crippen LogP contribution < -0.4 is 9.44 Å². The van der Waals surface area contributed by atoms with Crippen LogP contribution in [0, 0.1) is 0 Å². The van der Waals surface area contributed by atoms with Crippen molar-refractivity contribution < 1.29 is 26.7 Å². The fourth-order valence-corrected chi connectivity index (χ4v) is 3.01. The second-order valence-electron chi connectivity index (χ2n) is 3.75. The number of carbonyl (C=O) groups is 1. The lowest BCUT2D eigenvalue weighted by Crippen LogP contribution is -2.33. The fourth-order valence-electron chi connectivity index (χ4n) is 1.27. The lowest BCUT2D eigenvalue weighted by molar-refractivity contribution is 0.0696. The third-order valence-corrected chi connectivity index (χ3v) is 5.23. The quantitative estimate of drug-likeness (QED) is 0.603. The number of aromatic carboxylic acids is 1. The lowest BCUT2D eigenvalue weighted by atomic mass is 10.2. The van der Waals surface area contributed by atoms with Crippen molar-refractivity contribution in [2.24, 2.45) is 0 Å². The van der Waals surface area contributed by atoms with E-state index in [1.165, 1.54) is 7.05 Å². The summed E-state index contributed by atoms with van der Waals surface area (Å²) in [4.78, 5) is 10.5. The summed E-state index contributed by atoms with van der Waals surface area (Å²) in [6, 6.07) is 4.58. The van der Waals surface area contributed by atoms with Crippen molar-refractivity contribution in [2.45, 2.75) is 4.90 Å². The summed E-state index contributed by atoms with van der Waals surface area (Å²) in [5, 5.41) is 8.70. The Labute approximate surface area is 116 Å². The first kappa shape index (κ1) is 16.6. The maximum atomic E-state index is 11.8. The Kier molecular flexibility index (Phi) is 5.22. The van der Waals surface area contributed by atoms with Crippen LogP contribution in [0.25, 0.3) is 0 Å². The van der Waals surface area contributed by atoms with E-state index in [-0.39, 0.29) is 17.0 Å². The molecule has 3 N–H and O–H groups in total. The Morgan fingerprint density at radius 2 is 1.70 bits per heavy atom. The molecule has 0 unspecified atom stereocenters. The topological polar surface area (TPSA) is 130 Å². The van der Waals surface area contributed by atoms with Crippen LogP contribution in [0.15, 0.2) is 29.2 Å². The Bertz CT molecular complexity index is 679. The van der Waals surface area contributed by atoms with E-state index in [4.69, 9.17) is 5.11 Å². The molecule has 0 radical (unpaired) electrons. The van der Waals surface area contributed by atoms with Gasteiger partial charge in [-0.25, -0.2) is 31.1 Å². The molecule has 0 bridgehead atoms. The number of sulfonamides is 2. The van der Waals surface area contributed by atoms with E-state index < -0.39 is 31.8 Å². The molecule has 0 saturated carbocycles. The summed E-state index contributed by atoms with van der Waals surface area (Å²) in [6.45, 7) is -0.286. The van der Waals surface area contributed by atoms with Crippen molar-refractivity contribution >= 4 is 26.0 Å². The predicted molar refractivity (Wildman–Crippen MR) is 71.4 cm³/mol. The minimum atomic E-state index is -3.87. The van der Waals surface area contributed by atoms with Crippen molar-refractivity contribution in [2.75, 3.05) is 19.3 Å². The van der Waals surface area contributed by atoms with E-state index >= 15 is 0 Å². The lowest BCUT2D eigenvalue weighted by Gasteiger charge is -2.07. The molecule has 10 heteroatoms. The minimum Gasteiger partial charge on any atom is -0.478 e. The van der Waals surface area contributed by atoms with Crippen LogP contribution in [0.2, 0.25) is 0 Å². The van der Waals surface area contributed by atoms with Crippen molar-refractivity contribution in [3.63, 3.8) is 0 Å². The molecule has 112 valence electrons. The van der Waals surface area contributed by atoms with E-state index in [0.29, 0.717) is 0 Å². The minimum absolute atomic E-state index is 0.0401. The third kappa shape index (κ3) is 4.56. The number of carboxylic acids is 1. The molecule has 8 nitrogen and oxygen atoms in total. The van der Waals surface area contributed by atoms with Crippen LogP contribution >= 0.6 is 0 Å². The van der Waals surface area contributed by atoms with Gasteiger partial charge in [0.15, 0.2) is 0 Å². The first-order valence-electron chi connectivity index (χ1n) is 5.42. The molecule has 0 aliphatic rings. The molecule has 0 aliphatic heterocycles. The molecule has 0 heterocycles. The van der Waals surface area contributed by atoms with Gasteiger partial charge in [0.25, 0.3) is 0 Å². The van der Waals surface area contributed by atoms with Crippen LogP contribution in [0.5, 0.6) is 0 Å². The number of hydrogen-bond donors (Lipinski definition) is 3. The van der Waals surface area contributed by atoms with Crippen molar-refractivity contribution in [1.29, 1.82) is 0 Å². The molecule has 0 aliphatic carbocycles. The SMILES string of the molecule is CNS(=O)(=O)CCNS(=O)(=O)c1ccc(C(=O)O)cc1. The molecule has 1 aromatic rings. The zero-order chi connectivity index (χ0) is 15.4. The largest absolute Gasteiger partial charge is 0.478 e. The average molecular weight is 322 g/mol. The van der Waals surface area contributed by atoms with E-state index in [0.717, 1.165) is 24.3 Å². The highest BCUT2D eigenvalue weighted by molar-refractivity contribution is 7.90. The van der Waals surface area contributed by atoms with Gasteiger partial charge in [-0.3, -0.25) is 0 Å². The second kappa shape index (κ2) is 6.31. The van der Waals surface area contributed by atoms with Gasteiger partial charge in [-0.15, -0.1) is 0 Å². The molecule has 0 saturated heterocycles. The molecule has 0 spiro atoms. The standard InChI is InChI=1S/C10H14N2O6S2/c1-11-19(15,16)7-6-12-20(17,18)9-4-2-8(3-5-9)10(13)14/h2-5,11-12H,6-7H2,1H3,(H,13,14). The highest BCUT2D eigenvalue weighted by Crippen LogP contribution is 2.10. The smallest absolute Gasteiger partial charge is 0.335 e. The summed E-state index contributed by atoms with van der Waals surface area (Å²) in [5.74, 6) is -1.56. The first-order chi connectivity index (χ1) is 9.18. The number of hydrogen-bond acceptors (Lipinski definition) is 5. The van der Waals surface area contributed by atoms with E-state index in [2.05, 4.69) is 9.44 Å². The number of benzene rings is 1. The van der Waals surface area contributed by atoms with Crippen LogP contribution in [-0.2, 0) is 20.0 Å². The Hall–Kier alpha value is -1.49. The molecule has 1 rings (SSSR count). The summed E-state index contributed by atoms with van der Waals surface area (Å²) in [7, 11) is -6.13. The van der Waals surface area contributed by atoms with Crippen molar-refractivity contribution in [3.05, 3.63) is 29.8 Å². The summed E-state index contributed by atoms with van der Waals surface area (Å²) in [5.41, 5.74) is -0.0401. The Balaban J connectivity index is 2.77. The molecule has 0 fully saturated rings. The highest BCUT2D eigenvalue weighted by atomic mass is 32.2. The average Bonchev–Trinajstić information content (AvgIpc) is 2.38. The number of nitrogens with one attached hydrogen (secondary N) is 2. The van der Waals surface area contributed by atoms with E-state index in [1.807, 2.05) is 0 Å². The second-order valence-corrected chi connectivity index (χ2v) is 7.56. The first-order valence-corrected chi connectivity index (χ1v) is 8.56. The van der Waals surface area contributed by atoms with Crippen LogP contribution in [0.3, 0.4) is 0 Å². The van der Waals surface area contributed by atoms with Gasteiger partial charge in [0.1, 0.15) is 0 Å². The molecule has 0 aromatic heterocycles. The van der Waals surface area contributed by atoms with Gasteiger partial charge < -0.3 is 5.11 Å². The zero-order valence-electron chi connectivity index (χ0n) is 10.5. The highest BCUT2D eigenvalue weighted by Gasteiger charge is 2.16. The maximum absolute atomic E-state index is 11.8. The van der Waals surface area contributed by atoms with Crippen LogP contribution in [0.1, 0.15) is 10.4 Å². The van der Waals surface area contributed by atoms with Gasteiger partial charge in [-0.2, -0.15) is 0 Å². The third-order valence-electron chi connectivity index (χ3n) is 2.39. The van der Waals surface area contributed by atoms with E-state index in [9.17, 15) is 21.6 Å². The fraction of sp³-hybridized carbons (Fsp3) is 0.300. The normalized spacial score (nSPS) is 12.2. The number of rotatable bonds is 7. The summed E-state index contributed by atoms with van der Waals surface area (Å²) >= 11 is 0. The van der Waals surface area contributed by atoms with Gasteiger partial charge in [-0.1, -0.05) is 0 Å². The maximum Gasteiger partial charge on any atom is 0.335 e. The molecule has 20 heavy (non-hydrogen) atoms. The molecule has 0 amide bonds. The van der Waals surface area contributed by atoms with Gasteiger partial charge in [0, 0.05) is 6.54 Å². The summed E-state index contributed by atoms with van der Waals surface area (Å²) in [6.07, 6.45) is 0.